The number of amides is 1. The number of hydrogen-bond donors (Lipinski definition) is 1. The van der Waals surface area contributed by atoms with Crippen molar-refractivity contribution in [1.82, 2.24) is 20.3 Å². The molecule has 0 saturated heterocycles. The van der Waals surface area contributed by atoms with Gasteiger partial charge in [0.15, 0.2) is 0 Å². The summed E-state index contributed by atoms with van der Waals surface area (Å²) in [4.78, 5) is 20.2. The van der Waals surface area contributed by atoms with Gasteiger partial charge in [0.05, 0.1) is 19.7 Å². The maximum absolute atomic E-state index is 12.3. The number of nitrogens with zero attached hydrogens (tertiary/aromatic N) is 4. The van der Waals surface area contributed by atoms with E-state index >= 15 is 0 Å². The molecule has 0 bridgehead atoms. The lowest BCUT2D eigenvalue weighted by Crippen LogP contribution is -2.30. The number of hydrazone groups is 1. The highest BCUT2D eigenvalue weighted by atomic mass is 16.5. The van der Waals surface area contributed by atoms with Crippen molar-refractivity contribution in [3.63, 3.8) is 0 Å². The highest BCUT2D eigenvalue weighted by Crippen LogP contribution is 2.17. The molecular formula is C17H19N5O2. The molecule has 2 heterocycles. The zero-order valence-electron chi connectivity index (χ0n) is 13.6. The first-order valence-electron chi connectivity index (χ1n) is 7.72. The van der Waals surface area contributed by atoms with Crippen LogP contribution in [0.15, 0.2) is 47.7 Å². The summed E-state index contributed by atoms with van der Waals surface area (Å²) < 4.78 is 4.93. The van der Waals surface area contributed by atoms with Gasteiger partial charge in [0.2, 0.25) is 0 Å². The van der Waals surface area contributed by atoms with Crippen LogP contribution in [-0.2, 0) is 6.54 Å². The van der Waals surface area contributed by atoms with Gasteiger partial charge in [0, 0.05) is 12.6 Å². The van der Waals surface area contributed by atoms with Crippen LogP contribution >= 0.6 is 0 Å². The molecule has 0 saturated carbocycles. The molecule has 124 valence electrons. The Kier molecular flexibility index (Phi) is 4.69. The number of hydrogen-bond acceptors (Lipinski definition) is 6. The number of carbonyl (C=O) groups excluding carboxylic acids is 1. The summed E-state index contributed by atoms with van der Waals surface area (Å²) in [5.41, 5.74) is 1.43. The number of carbonyl (C=O) groups is 1. The third kappa shape index (κ3) is 3.68. The molecule has 0 spiro atoms. The summed E-state index contributed by atoms with van der Waals surface area (Å²) in [7, 11) is 1.46. The Balaban J connectivity index is 1.66. The van der Waals surface area contributed by atoms with E-state index in [0.717, 1.165) is 0 Å². The minimum absolute atomic E-state index is 0.162. The van der Waals surface area contributed by atoms with E-state index in [4.69, 9.17) is 4.74 Å². The molecule has 2 aromatic rings. The Morgan fingerprint density at radius 1 is 1.33 bits per heavy atom. The van der Waals surface area contributed by atoms with E-state index in [1.807, 2.05) is 23.2 Å². The van der Waals surface area contributed by atoms with Crippen LogP contribution in [0.25, 0.3) is 0 Å². The molecule has 1 unspecified atom stereocenters. The number of methoxy groups -OCH3 is 1. The smallest absolute Gasteiger partial charge is 0.316 e. The van der Waals surface area contributed by atoms with Crippen molar-refractivity contribution in [3.05, 3.63) is 53.9 Å². The second-order valence-electron chi connectivity index (χ2n) is 5.57. The fourth-order valence-electron chi connectivity index (χ4n) is 2.48. The maximum Gasteiger partial charge on any atom is 0.316 e. The first-order chi connectivity index (χ1) is 11.7. The molecule has 0 fully saturated rings. The summed E-state index contributed by atoms with van der Waals surface area (Å²) >= 11 is 0. The zero-order chi connectivity index (χ0) is 16.9. The van der Waals surface area contributed by atoms with E-state index in [1.165, 1.54) is 18.9 Å². The first kappa shape index (κ1) is 15.9. The number of aromatic nitrogens is 2. The Morgan fingerprint density at radius 2 is 2.12 bits per heavy atom. The molecule has 1 aliphatic rings. The number of benzene rings is 1. The topological polar surface area (TPSA) is 79.7 Å². The Bertz CT molecular complexity index is 748. The fourth-order valence-corrected chi connectivity index (χ4v) is 2.48. The zero-order valence-corrected chi connectivity index (χ0v) is 13.6. The van der Waals surface area contributed by atoms with Gasteiger partial charge in [-0.3, -0.25) is 9.80 Å². The monoisotopic (exact) mass is 325 g/mol. The Morgan fingerprint density at radius 3 is 2.88 bits per heavy atom. The van der Waals surface area contributed by atoms with Crippen molar-refractivity contribution in [2.24, 2.45) is 5.10 Å². The van der Waals surface area contributed by atoms with Gasteiger partial charge in [-0.05, 0) is 18.6 Å². The lowest BCUT2D eigenvalue weighted by Gasteiger charge is -2.19. The summed E-state index contributed by atoms with van der Waals surface area (Å²) in [6.45, 7) is 2.79. The number of rotatable bonds is 4. The highest BCUT2D eigenvalue weighted by molar-refractivity contribution is 6.05. The van der Waals surface area contributed by atoms with E-state index in [9.17, 15) is 4.79 Å². The third-order valence-corrected chi connectivity index (χ3v) is 3.74. The quantitative estimate of drug-likeness (QED) is 0.927. The van der Waals surface area contributed by atoms with Gasteiger partial charge >= 0.3 is 6.01 Å². The standard InChI is InChI=1S/C17H19N5O2/c1-12-10-15(21-22(12)11-13-6-4-3-5-7-13)20-16(23)14-8-9-18-17(19-14)24-2/h3-9,12H,10-11H2,1-2H3,(H,20,21,23). The summed E-state index contributed by atoms with van der Waals surface area (Å²) in [5, 5.41) is 9.31. The van der Waals surface area contributed by atoms with Crippen molar-refractivity contribution in [2.45, 2.75) is 25.9 Å². The van der Waals surface area contributed by atoms with Crippen LogP contribution in [0.2, 0.25) is 0 Å². The predicted octanol–water partition coefficient (Wildman–Crippen LogP) is 1.82. The molecule has 7 nitrogen and oxygen atoms in total. The molecule has 0 aliphatic carbocycles. The maximum atomic E-state index is 12.3. The van der Waals surface area contributed by atoms with Crippen molar-refractivity contribution in [1.29, 1.82) is 0 Å². The van der Waals surface area contributed by atoms with Crippen LogP contribution < -0.4 is 10.1 Å². The summed E-state index contributed by atoms with van der Waals surface area (Å²) in [6, 6.07) is 12.0. The number of amidine groups is 1. The van der Waals surface area contributed by atoms with Crippen LogP contribution in [0.5, 0.6) is 6.01 Å². The number of ether oxygens (including phenoxy) is 1. The van der Waals surface area contributed by atoms with Crippen LogP contribution in [0.4, 0.5) is 0 Å². The van der Waals surface area contributed by atoms with Crippen LogP contribution in [0.1, 0.15) is 29.4 Å². The van der Waals surface area contributed by atoms with Crippen molar-refractivity contribution < 1.29 is 9.53 Å². The SMILES string of the molecule is COc1nccc(C(=O)NC2=NN(Cc3ccccc3)C(C)C2)n1. The average molecular weight is 325 g/mol. The minimum Gasteiger partial charge on any atom is -0.467 e. The third-order valence-electron chi connectivity index (χ3n) is 3.74. The van der Waals surface area contributed by atoms with Gasteiger partial charge in [0.1, 0.15) is 11.5 Å². The van der Waals surface area contributed by atoms with Crippen molar-refractivity contribution in [3.8, 4) is 6.01 Å². The van der Waals surface area contributed by atoms with Gasteiger partial charge in [-0.15, -0.1) is 0 Å². The predicted molar refractivity (Wildman–Crippen MR) is 89.5 cm³/mol. The van der Waals surface area contributed by atoms with Gasteiger partial charge in [-0.2, -0.15) is 10.1 Å². The lowest BCUT2D eigenvalue weighted by atomic mass is 10.2. The largest absolute Gasteiger partial charge is 0.467 e. The van der Waals surface area contributed by atoms with Gasteiger partial charge < -0.3 is 10.1 Å². The van der Waals surface area contributed by atoms with Gasteiger partial charge in [-0.1, -0.05) is 30.3 Å². The van der Waals surface area contributed by atoms with E-state index in [1.54, 1.807) is 6.07 Å². The van der Waals surface area contributed by atoms with E-state index in [-0.39, 0.29) is 23.7 Å². The second kappa shape index (κ2) is 7.08. The average Bonchev–Trinajstić information content (AvgIpc) is 2.95. The van der Waals surface area contributed by atoms with Crippen molar-refractivity contribution >= 4 is 11.7 Å². The molecule has 0 radical (unpaired) electrons. The van der Waals surface area contributed by atoms with Crippen LogP contribution in [-0.4, -0.2) is 39.9 Å². The molecular weight excluding hydrogens is 306 g/mol. The molecule has 1 N–H and O–H groups in total. The normalized spacial score (nSPS) is 16.7. The highest BCUT2D eigenvalue weighted by Gasteiger charge is 2.24. The summed E-state index contributed by atoms with van der Waals surface area (Å²) in [6.07, 6.45) is 2.17. The van der Waals surface area contributed by atoms with Gasteiger partial charge in [0.25, 0.3) is 5.91 Å². The van der Waals surface area contributed by atoms with Crippen LogP contribution in [0, 0.1) is 0 Å². The first-order valence-corrected chi connectivity index (χ1v) is 7.72. The molecule has 1 atom stereocenters. The molecule has 1 aromatic heterocycles. The molecule has 7 heteroatoms. The van der Waals surface area contributed by atoms with E-state index < -0.39 is 0 Å². The molecule has 1 aliphatic heterocycles. The summed E-state index contributed by atoms with van der Waals surface area (Å²) in [5.74, 6) is 0.323. The molecule has 24 heavy (non-hydrogen) atoms. The Labute approximate surface area is 140 Å². The lowest BCUT2D eigenvalue weighted by molar-refractivity contribution is 0.0970. The molecule has 3 rings (SSSR count). The Hall–Kier alpha value is -2.96. The van der Waals surface area contributed by atoms with Crippen molar-refractivity contribution in [2.75, 3.05) is 7.11 Å². The van der Waals surface area contributed by atoms with Crippen LogP contribution in [0.3, 0.4) is 0 Å². The minimum atomic E-state index is -0.316. The molecule has 1 aromatic carbocycles. The fraction of sp³-hybridized carbons (Fsp3) is 0.294. The second-order valence-corrected chi connectivity index (χ2v) is 5.57. The van der Waals surface area contributed by atoms with E-state index in [2.05, 4.69) is 39.4 Å². The number of nitrogens with one attached hydrogen (secondary N) is 1. The van der Waals surface area contributed by atoms with E-state index in [0.29, 0.717) is 18.8 Å². The molecule has 1 amide bonds. The van der Waals surface area contributed by atoms with Gasteiger partial charge in [-0.25, -0.2) is 4.98 Å².